The number of unbranched alkanes of at least 4 members (excludes halogenated alkanes) is 2. The monoisotopic (exact) mass is 467 g/mol. The summed E-state index contributed by atoms with van der Waals surface area (Å²) >= 11 is 0. The third-order valence-corrected chi connectivity index (χ3v) is 7.17. The minimum absolute atomic E-state index is 0.0257. The maximum Gasteiger partial charge on any atom is 0.306 e. The minimum Gasteiger partial charge on any atom is -0.494 e. The maximum atomic E-state index is 12.4. The van der Waals surface area contributed by atoms with Crippen LogP contribution in [0.25, 0.3) is 0 Å². The zero-order valence-electron chi connectivity index (χ0n) is 18.9. The van der Waals surface area contributed by atoms with Gasteiger partial charge in [0.2, 0.25) is 0 Å². The lowest BCUT2D eigenvalue weighted by Gasteiger charge is -2.26. The van der Waals surface area contributed by atoms with Gasteiger partial charge in [-0.3, -0.25) is 14.4 Å². The predicted octanol–water partition coefficient (Wildman–Crippen LogP) is 2.80. The zero-order chi connectivity index (χ0) is 23.6. The maximum absolute atomic E-state index is 12.4. The van der Waals surface area contributed by atoms with E-state index in [1.807, 2.05) is 0 Å². The molecule has 32 heavy (non-hydrogen) atoms. The van der Waals surface area contributed by atoms with Crippen molar-refractivity contribution in [1.82, 2.24) is 4.90 Å². The Morgan fingerprint density at radius 1 is 1.06 bits per heavy atom. The van der Waals surface area contributed by atoms with Crippen molar-refractivity contribution in [2.24, 2.45) is 0 Å². The predicted molar refractivity (Wildman–Crippen MR) is 120 cm³/mol. The second-order valence-corrected chi connectivity index (χ2v) is 10.1. The van der Waals surface area contributed by atoms with Gasteiger partial charge in [-0.2, -0.15) is 0 Å². The summed E-state index contributed by atoms with van der Waals surface area (Å²) in [6, 6.07) is 6.43. The molecule has 0 aromatic heterocycles. The molecule has 0 spiro atoms. The summed E-state index contributed by atoms with van der Waals surface area (Å²) in [5.41, 5.74) is 0.481. The number of hydrogen-bond donors (Lipinski definition) is 0. The Morgan fingerprint density at radius 3 is 2.38 bits per heavy atom. The van der Waals surface area contributed by atoms with Crippen molar-refractivity contribution in [3.05, 3.63) is 29.8 Å². The van der Waals surface area contributed by atoms with Gasteiger partial charge in [0, 0.05) is 24.6 Å². The Bertz CT molecular complexity index is 880. The molecule has 1 aliphatic rings. The average molecular weight is 468 g/mol. The van der Waals surface area contributed by atoms with Crippen molar-refractivity contribution in [3.63, 3.8) is 0 Å². The summed E-state index contributed by atoms with van der Waals surface area (Å²) in [6.07, 6.45) is 3.45. The molecule has 1 aromatic rings. The molecule has 1 fully saturated rings. The quantitative estimate of drug-likeness (QED) is 0.249. The highest BCUT2D eigenvalue weighted by atomic mass is 32.2. The minimum atomic E-state index is -3.12. The molecule has 0 radical (unpaired) electrons. The van der Waals surface area contributed by atoms with E-state index in [1.165, 1.54) is 4.90 Å². The summed E-state index contributed by atoms with van der Waals surface area (Å²) in [4.78, 5) is 38.1. The molecule has 0 aliphatic carbocycles. The number of carbonyl (C=O) groups is 3. The van der Waals surface area contributed by atoms with Gasteiger partial charge in [-0.25, -0.2) is 8.42 Å². The lowest BCUT2D eigenvalue weighted by molar-refractivity contribution is -0.152. The van der Waals surface area contributed by atoms with Crippen molar-refractivity contribution < 1.29 is 32.3 Å². The first-order chi connectivity index (χ1) is 15.3. The van der Waals surface area contributed by atoms with Crippen LogP contribution < -0.4 is 4.74 Å². The molecule has 1 aliphatic heterocycles. The number of sulfone groups is 1. The second kappa shape index (κ2) is 12.6. The summed E-state index contributed by atoms with van der Waals surface area (Å²) in [5.74, 6) is -0.558. The molecule has 1 atom stereocenters. The van der Waals surface area contributed by atoms with Crippen LogP contribution in [0.5, 0.6) is 5.75 Å². The van der Waals surface area contributed by atoms with E-state index in [2.05, 4.69) is 6.92 Å². The molecule has 1 unspecified atom stereocenters. The fraction of sp³-hybridized carbons (Fsp3) is 0.609. The van der Waals surface area contributed by atoms with Crippen LogP contribution >= 0.6 is 0 Å². The SMILES string of the molecule is CCCCCOc1ccc(C(=O)CCC(=O)OCC(=O)N(CC)C2CCS(=O)(=O)C2)cc1. The number of rotatable bonds is 13. The first kappa shape index (κ1) is 25.8. The molecular weight excluding hydrogens is 434 g/mol. The number of likely N-dealkylation sites (N-methyl/N-ethyl adjacent to an activating group) is 1. The molecule has 0 N–H and O–H groups in total. The summed E-state index contributed by atoms with van der Waals surface area (Å²) in [5, 5.41) is 0. The topological polar surface area (TPSA) is 107 Å². The Kier molecular flexibility index (Phi) is 10.2. The Labute approximate surface area is 190 Å². The number of ketones is 1. The lowest BCUT2D eigenvalue weighted by Crippen LogP contribution is -2.43. The van der Waals surface area contributed by atoms with Gasteiger partial charge in [-0.1, -0.05) is 19.8 Å². The molecule has 9 heteroatoms. The molecule has 1 amide bonds. The van der Waals surface area contributed by atoms with E-state index in [1.54, 1.807) is 31.2 Å². The van der Waals surface area contributed by atoms with Gasteiger partial charge in [0.05, 0.1) is 24.5 Å². The van der Waals surface area contributed by atoms with E-state index in [4.69, 9.17) is 9.47 Å². The molecule has 1 aromatic carbocycles. The number of benzene rings is 1. The molecule has 2 rings (SSSR count). The largest absolute Gasteiger partial charge is 0.494 e. The molecule has 1 heterocycles. The van der Waals surface area contributed by atoms with E-state index >= 15 is 0 Å². The molecule has 1 saturated heterocycles. The van der Waals surface area contributed by atoms with Crippen LogP contribution in [-0.2, 0) is 24.2 Å². The second-order valence-electron chi connectivity index (χ2n) is 7.90. The number of Topliss-reactive ketones (excluding diaryl/α,β-unsaturated/α-hetero) is 1. The van der Waals surface area contributed by atoms with Crippen LogP contribution in [0, 0.1) is 0 Å². The number of nitrogens with zero attached hydrogens (tertiary/aromatic N) is 1. The van der Waals surface area contributed by atoms with Crippen LogP contribution in [0.15, 0.2) is 24.3 Å². The van der Waals surface area contributed by atoms with E-state index in [0.29, 0.717) is 30.9 Å². The first-order valence-electron chi connectivity index (χ1n) is 11.2. The fourth-order valence-corrected chi connectivity index (χ4v) is 5.33. The third kappa shape index (κ3) is 8.26. The van der Waals surface area contributed by atoms with E-state index < -0.39 is 28.3 Å². The summed E-state index contributed by atoms with van der Waals surface area (Å²) in [6.45, 7) is 4.40. The number of hydrogen-bond acceptors (Lipinski definition) is 7. The van der Waals surface area contributed by atoms with E-state index in [0.717, 1.165) is 19.3 Å². The number of esters is 1. The van der Waals surface area contributed by atoms with Crippen LogP contribution in [0.2, 0.25) is 0 Å². The van der Waals surface area contributed by atoms with Gasteiger partial charge in [0.1, 0.15) is 5.75 Å². The highest BCUT2D eigenvalue weighted by Crippen LogP contribution is 2.18. The standard InChI is InChI=1S/C23H33NO7S/c1-3-5-6-14-30-20-9-7-18(8-10-20)21(25)11-12-23(27)31-16-22(26)24(4-2)19-13-15-32(28,29)17-19/h7-10,19H,3-6,11-17H2,1-2H3. The number of carbonyl (C=O) groups excluding carboxylic acids is 3. The summed E-state index contributed by atoms with van der Waals surface area (Å²) in [7, 11) is -3.12. The average Bonchev–Trinajstić information content (AvgIpc) is 3.13. The van der Waals surface area contributed by atoms with Crippen molar-refractivity contribution in [3.8, 4) is 5.75 Å². The van der Waals surface area contributed by atoms with Gasteiger partial charge in [-0.05, 0) is 44.0 Å². The molecule has 178 valence electrons. The van der Waals surface area contributed by atoms with E-state index in [9.17, 15) is 22.8 Å². The van der Waals surface area contributed by atoms with Crippen LogP contribution in [0.3, 0.4) is 0 Å². The lowest BCUT2D eigenvalue weighted by atomic mass is 10.1. The first-order valence-corrected chi connectivity index (χ1v) is 13.0. The zero-order valence-corrected chi connectivity index (χ0v) is 19.7. The molecule has 0 saturated carbocycles. The highest BCUT2D eigenvalue weighted by molar-refractivity contribution is 7.91. The van der Waals surface area contributed by atoms with Gasteiger partial charge in [-0.15, -0.1) is 0 Å². The van der Waals surface area contributed by atoms with Gasteiger partial charge >= 0.3 is 5.97 Å². The summed E-state index contributed by atoms with van der Waals surface area (Å²) < 4.78 is 33.9. The smallest absolute Gasteiger partial charge is 0.306 e. The normalized spacial score (nSPS) is 17.0. The number of ether oxygens (including phenoxy) is 2. The Balaban J connectivity index is 1.72. The van der Waals surface area contributed by atoms with Crippen molar-refractivity contribution in [2.75, 3.05) is 31.3 Å². The van der Waals surface area contributed by atoms with Crippen molar-refractivity contribution in [1.29, 1.82) is 0 Å². The van der Waals surface area contributed by atoms with Gasteiger partial charge in [0.15, 0.2) is 22.2 Å². The van der Waals surface area contributed by atoms with Crippen molar-refractivity contribution in [2.45, 2.75) is 58.4 Å². The van der Waals surface area contributed by atoms with Gasteiger partial charge in [0.25, 0.3) is 5.91 Å². The van der Waals surface area contributed by atoms with Crippen LogP contribution in [0.4, 0.5) is 0 Å². The fourth-order valence-electron chi connectivity index (χ4n) is 3.60. The third-order valence-electron chi connectivity index (χ3n) is 5.42. The molecular formula is C23H33NO7S. The highest BCUT2D eigenvalue weighted by Gasteiger charge is 2.34. The van der Waals surface area contributed by atoms with Crippen molar-refractivity contribution >= 4 is 27.5 Å². The Hall–Kier alpha value is -2.42. The van der Waals surface area contributed by atoms with Crippen LogP contribution in [-0.4, -0.2) is 68.3 Å². The number of amides is 1. The van der Waals surface area contributed by atoms with Crippen LogP contribution in [0.1, 0.15) is 62.7 Å². The molecule has 8 nitrogen and oxygen atoms in total. The Morgan fingerprint density at radius 2 is 1.78 bits per heavy atom. The molecule has 0 bridgehead atoms. The van der Waals surface area contributed by atoms with E-state index in [-0.39, 0.29) is 36.2 Å². The van der Waals surface area contributed by atoms with Gasteiger partial charge < -0.3 is 14.4 Å².